The summed E-state index contributed by atoms with van der Waals surface area (Å²) in [5.74, 6) is 1.52. The van der Waals surface area contributed by atoms with Crippen LogP contribution in [0, 0.1) is 24.2 Å². The highest BCUT2D eigenvalue weighted by Gasteiger charge is 2.24. The summed E-state index contributed by atoms with van der Waals surface area (Å²) in [6.45, 7) is 6.96. The van der Waals surface area contributed by atoms with E-state index < -0.39 is 0 Å². The summed E-state index contributed by atoms with van der Waals surface area (Å²) in [5, 5.41) is 17.5. The van der Waals surface area contributed by atoms with Gasteiger partial charge in [0.05, 0.1) is 24.4 Å². The molecular weight excluding hydrogens is 492 g/mol. The average Bonchev–Trinajstić information content (AvgIpc) is 3.56. The van der Waals surface area contributed by atoms with E-state index in [4.69, 9.17) is 4.74 Å². The number of nitrogens with zero attached hydrogens (tertiary/aromatic N) is 8. The van der Waals surface area contributed by atoms with Crippen LogP contribution in [0.2, 0.25) is 0 Å². The summed E-state index contributed by atoms with van der Waals surface area (Å²) in [6.07, 6.45) is 7.19. The van der Waals surface area contributed by atoms with Crippen LogP contribution in [0.15, 0.2) is 18.3 Å². The second-order valence-electron chi connectivity index (χ2n) is 9.84. The lowest BCUT2D eigenvalue weighted by molar-refractivity contribution is -0.131. The highest BCUT2D eigenvalue weighted by molar-refractivity contribution is 5.85. The number of carbonyl (C=O) groups is 1. The fraction of sp³-hybridized carbons (Fsp3) is 0.538. The first kappa shape index (κ1) is 26.8. The Balaban J connectivity index is 0.00000320. The van der Waals surface area contributed by atoms with E-state index in [1.165, 1.54) is 0 Å². The number of aryl methyl sites for hydroxylation is 2. The van der Waals surface area contributed by atoms with Gasteiger partial charge >= 0.3 is 0 Å². The standard InChI is InChI=1S/C26H32N8O2.ClH/c1-18-13-20(21-14-23-25(22(15-27)29-21)30-31-32(23)2)16-28-26(18)36-12-7-19-5-10-33(11-6-19)17-24(35)34-8-3-4-9-34;/h13-14,16,19H,3-12,17H2,1-2H3;1H. The third-order valence-electron chi connectivity index (χ3n) is 7.32. The maximum atomic E-state index is 12.4. The highest BCUT2D eigenvalue weighted by Crippen LogP contribution is 2.27. The van der Waals surface area contributed by atoms with Crippen LogP contribution in [0.25, 0.3) is 22.3 Å². The van der Waals surface area contributed by atoms with Gasteiger partial charge in [0, 0.05) is 37.5 Å². The minimum atomic E-state index is 0. The molecule has 2 aliphatic heterocycles. The number of halogens is 1. The number of piperidine rings is 1. The number of likely N-dealkylation sites (tertiary alicyclic amines) is 2. The van der Waals surface area contributed by atoms with Crippen molar-refractivity contribution in [1.29, 1.82) is 5.26 Å². The molecule has 5 heterocycles. The van der Waals surface area contributed by atoms with Gasteiger partial charge in [0.1, 0.15) is 11.6 Å². The van der Waals surface area contributed by atoms with E-state index >= 15 is 0 Å². The smallest absolute Gasteiger partial charge is 0.236 e. The van der Waals surface area contributed by atoms with E-state index in [9.17, 15) is 10.1 Å². The zero-order chi connectivity index (χ0) is 25.1. The number of aromatic nitrogens is 5. The van der Waals surface area contributed by atoms with Gasteiger partial charge in [0.15, 0.2) is 5.69 Å². The largest absolute Gasteiger partial charge is 0.477 e. The van der Waals surface area contributed by atoms with E-state index in [2.05, 4.69) is 31.2 Å². The van der Waals surface area contributed by atoms with Gasteiger partial charge in [0.25, 0.3) is 0 Å². The number of hydrogen-bond acceptors (Lipinski definition) is 8. The van der Waals surface area contributed by atoms with E-state index in [1.54, 1.807) is 17.9 Å². The van der Waals surface area contributed by atoms with Crippen molar-refractivity contribution in [3.8, 4) is 23.2 Å². The number of fused-ring (bicyclic) bond motifs is 1. The zero-order valence-electron chi connectivity index (χ0n) is 21.4. The third-order valence-corrected chi connectivity index (χ3v) is 7.32. The molecule has 2 saturated heterocycles. The Morgan fingerprint density at radius 2 is 1.95 bits per heavy atom. The number of carbonyl (C=O) groups excluding carboxylic acids is 1. The van der Waals surface area contributed by atoms with Crippen LogP contribution in [0.1, 0.15) is 43.4 Å². The van der Waals surface area contributed by atoms with Gasteiger partial charge in [-0.1, -0.05) is 5.21 Å². The molecule has 5 rings (SSSR count). The SMILES string of the molecule is Cc1cc(-c2cc3c(nnn3C)c(C#N)n2)cnc1OCCC1CCN(CC(=O)N2CCCC2)CC1.Cl. The molecule has 0 aromatic carbocycles. The molecule has 0 aliphatic carbocycles. The normalized spacial score (nSPS) is 16.5. The fourth-order valence-corrected chi connectivity index (χ4v) is 5.12. The molecule has 3 aromatic heterocycles. The summed E-state index contributed by atoms with van der Waals surface area (Å²) in [5.41, 5.74) is 3.89. The zero-order valence-corrected chi connectivity index (χ0v) is 22.2. The van der Waals surface area contributed by atoms with Crippen LogP contribution in [-0.4, -0.2) is 80.0 Å². The number of amides is 1. The Kier molecular flexibility index (Phi) is 8.56. The van der Waals surface area contributed by atoms with Crippen molar-refractivity contribution in [3.63, 3.8) is 0 Å². The first-order valence-corrected chi connectivity index (χ1v) is 12.7. The predicted molar refractivity (Wildman–Crippen MR) is 141 cm³/mol. The van der Waals surface area contributed by atoms with E-state index in [1.807, 2.05) is 24.0 Å². The number of rotatable bonds is 7. The summed E-state index contributed by atoms with van der Waals surface area (Å²) >= 11 is 0. The average molecular weight is 525 g/mol. The Morgan fingerprint density at radius 3 is 2.65 bits per heavy atom. The fourth-order valence-electron chi connectivity index (χ4n) is 5.12. The van der Waals surface area contributed by atoms with Gasteiger partial charge in [-0.3, -0.25) is 9.69 Å². The molecule has 0 spiro atoms. The number of nitriles is 1. The molecule has 37 heavy (non-hydrogen) atoms. The third kappa shape index (κ3) is 6.00. The molecule has 11 heteroatoms. The first-order chi connectivity index (χ1) is 17.5. The van der Waals surface area contributed by atoms with Crippen LogP contribution in [0.5, 0.6) is 5.88 Å². The van der Waals surface area contributed by atoms with Crippen molar-refractivity contribution in [3.05, 3.63) is 29.6 Å². The molecule has 0 atom stereocenters. The van der Waals surface area contributed by atoms with E-state index in [-0.39, 0.29) is 24.0 Å². The Morgan fingerprint density at radius 1 is 1.19 bits per heavy atom. The minimum absolute atomic E-state index is 0. The van der Waals surface area contributed by atoms with E-state index in [0.717, 1.165) is 74.9 Å². The molecular formula is C26H33ClN8O2. The molecule has 0 unspecified atom stereocenters. The van der Waals surface area contributed by atoms with Crippen LogP contribution < -0.4 is 4.74 Å². The molecule has 2 fully saturated rings. The monoisotopic (exact) mass is 524 g/mol. The topological polar surface area (TPSA) is 113 Å². The van der Waals surface area contributed by atoms with Gasteiger partial charge in [0.2, 0.25) is 11.8 Å². The van der Waals surface area contributed by atoms with Gasteiger partial charge in [-0.05, 0) is 70.2 Å². The van der Waals surface area contributed by atoms with Crippen LogP contribution in [-0.2, 0) is 11.8 Å². The second kappa shape index (κ2) is 11.8. The quantitative estimate of drug-likeness (QED) is 0.463. The lowest BCUT2D eigenvalue weighted by Crippen LogP contribution is -2.42. The van der Waals surface area contributed by atoms with Crippen molar-refractivity contribution in [2.24, 2.45) is 13.0 Å². The molecule has 3 aromatic rings. The van der Waals surface area contributed by atoms with Crippen molar-refractivity contribution >= 4 is 29.3 Å². The summed E-state index contributed by atoms with van der Waals surface area (Å²) in [7, 11) is 1.79. The van der Waals surface area contributed by atoms with Crippen molar-refractivity contribution in [2.45, 2.75) is 39.0 Å². The molecule has 0 saturated carbocycles. The first-order valence-electron chi connectivity index (χ1n) is 12.7. The van der Waals surface area contributed by atoms with Crippen molar-refractivity contribution in [2.75, 3.05) is 39.3 Å². The number of hydrogen-bond donors (Lipinski definition) is 0. The highest BCUT2D eigenvalue weighted by atomic mass is 35.5. The predicted octanol–water partition coefficient (Wildman–Crippen LogP) is 3.13. The Bertz CT molecular complexity index is 1290. The van der Waals surface area contributed by atoms with Gasteiger partial charge in [-0.25, -0.2) is 14.6 Å². The van der Waals surface area contributed by atoms with Gasteiger partial charge in [-0.2, -0.15) is 5.26 Å². The molecule has 0 N–H and O–H groups in total. The van der Waals surface area contributed by atoms with Gasteiger partial charge in [-0.15, -0.1) is 17.5 Å². The van der Waals surface area contributed by atoms with Crippen LogP contribution in [0.3, 0.4) is 0 Å². The summed E-state index contributed by atoms with van der Waals surface area (Å²) < 4.78 is 7.66. The Hall–Kier alpha value is -3.29. The summed E-state index contributed by atoms with van der Waals surface area (Å²) in [6, 6.07) is 5.97. The van der Waals surface area contributed by atoms with Crippen molar-refractivity contribution in [1.82, 2.24) is 34.8 Å². The molecule has 0 bridgehead atoms. The summed E-state index contributed by atoms with van der Waals surface area (Å²) in [4.78, 5) is 25.7. The maximum Gasteiger partial charge on any atom is 0.236 e. The molecule has 0 radical (unpaired) electrons. The van der Waals surface area contributed by atoms with Gasteiger partial charge < -0.3 is 9.64 Å². The lowest BCUT2D eigenvalue weighted by atomic mass is 9.94. The molecule has 2 aliphatic rings. The number of ether oxygens (including phenoxy) is 1. The van der Waals surface area contributed by atoms with Crippen LogP contribution in [0.4, 0.5) is 0 Å². The maximum absolute atomic E-state index is 12.4. The minimum Gasteiger partial charge on any atom is -0.477 e. The van der Waals surface area contributed by atoms with Crippen molar-refractivity contribution < 1.29 is 9.53 Å². The Labute approximate surface area is 223 Å². The molecule has 1 amide bonds. The van der Waals surface area contributed by atoms with E-state index in [0.29, 0.717) is 36.2 Å². The lowest BCUT2D eigenvalue weighted by Gasteiger charge is -2.32. The number of pyridine rings is 2. The molecule has 10 nitrogen and oxygen atoms in total. The molecule has 196 valence electrons. The van der Waals surface area contributed by atoms with Crippen LogP contribution >= 0.6 is 12.4 Å². The second-order valence-corrected chi connectivity index (χ2v) is 9.84.